The number of carbonyl (C=O) groups is 2. The van der Waals surface area contributed by atoms with Gasteiger partial charge in [0.25, 0.3) is 0 Å². The lowest BCUT2D eigenvalue weighted by Gasteiger charge is -2.13. The molecule has 172 valence electrons. The van der Waals surface area contributed by atoms with E-state index >= 15 is 0 Å². The number of carboxylic acids is 1. The highest BCUT2D eigenvalue weighted by Gasteiger charge is 2.18. The van der Waals surface area contributed by atoms with Crippen molar-refractivity contribution in [2.75, 3.05) is 20.3 Å². The summed E-state index contributed by atoms with van der Waals surface area (Å²) in [6.07, 6.45) is -0.125. The molecule has 0 saturated carbocycles. The molecule has 1 atom stereocenters. The summed E-state index contributed by atoms with van der Waals surface area (Å²) in [4.78, 5) is 23.5. The predicted octanol–water partition coefficient (Wildman–Crippen LogP) is 5.06. The van der Waals surface area contributed by atoms with Crippen molar-refractivity contribution < 1.29 is 28.9 Å². The Morgan fingerprint density at radius 3 is 2.09 bits per heavy atom. The number of methoxy groups -OCH3 is 1. The molecule has 3 aromatic rings. The quantitative estimate of drug-likeness (QED) is 0.295. The van der Waals surface area contributed by atoms with Crippen LogP contribution >= 0.6 is 11.6 Å². The Bertz CT molecular complexity index is 1070. The molecule has 0 aliphatic rings. The fourth-order valence-corrected chi connectivity index (χ4v) is 3.40. The van der Waals surface area contributed by atoms with Crippen LogP contribution in [-0.2, 0) is 16.0 Å². The van der Waals surface area contributed by atoms with Gasteiger partial charge in [-0.15, -0.1) is 0 Å². The maximum absolute atomic E-state index is 12.4. The van der Waals surface area contributed by atoms with Gasteiger partial charge in [0.15, 0.2) is 11.9 Å². The first kappa shape index (κ1) is 24.3. The number of benzene rings is 3. The molecule has 6 nitrogen and oxygen atoms in total. The van der Waals surface area contributed by atoms with Crippen molar-refractivity contribution in [3.63, 3.8) is 0 Å². The van der Waals surface area contributed by atoms with Crippen molar-refractivity contribution in [1.82, 2.24) is 0 Å². The van der Waals surface area contributed by atoms with Crippen LogP contribution in [0.15, 0.2) is 72.8 Å². The number of ether oxygens (including phenoxy) is 3. The molecule has 0 bridgehead atoms. The van der Waals surface area contributed by atoms with Crippen molar-refractivity contribution in [2.45, 2.75) is 18.9 Å². The summed E-state index contributed by atoms with van der Waals surface area (Å²) < 4.78 is 16.4. The van der Waals surface area contributed by atoms with E-state index in [2.05, 4.69) is 0 Å². The van der Waals surface area contributed by atoms with Crippen LogP contribution in [0.5, 0.6) is 11.5 Å². The van der Waals surface area contributed by atoms with Crippen molar-refractivity contribution in [3.05, 3.63) is 94.5 Å². The smallest absolute Gasteiger partial charge is 0.333 e. The third-order valence-electron chi connectivity index (χ3n) is 4.97. The van der Waals surface area contributed by atoms with Crippen LogP contribution in [0.3, 0.4) is 0 Å². The second-order valence-corrected chi connectivity index (χ2v) is 7.70. The van der Waals surface area contributed by atoms with Gasteiger partial charge in [-0.05, 0) is 42.0 Å². The number of aliphatic carboxylic acids is 1. The molecule has 0 heterocycles. The molecule has 0 spiro atoms. The molecule has 0 fully saturated rings. The first-order valence-corrected chi connectivity index (χ1v) is 10.8. The zero-order valence-corrected chi connectivity index (χ0v) is 19.0. The van der Waals surface area contributed by atoms with E-state index in [9.17, 15) is 9.59 Å². The highest BCUT2D eigenvalue weighted by Crippen LogP contribution is 2.24. The Kier molecular flexibility index (Phi) is 8.87. The molecule has 0 amide bonds. The summed E-state index contributed by atoms with van der Waals surface area (Å²) in [5.74, 6) is 0.210. The Balaban J connectivity index is 1.42. The second kappa shape index (κ2) is 12.0. The zero-order valence-electron chi connectivity index (χ0n) is 18.2. The minimum atomic E-state index is -1.04. The van der Waals surface area contributed by atoms with E-state index in [0.717, 1.165) is 0 Å². The van der Waals surface area contributed by atoms with Gasteiger partial charge in [0.05, 0.1) is 13.2 Å². The molecule has 3 aromatic carbocycles. The van der Waals surface area contributed by atoms with Gasteiger partial charge in [-0.2, -0.15) is 0 Å². The molecule has 0 radical (unpaired) electrons. The number of carboxylic acid groups (broad SMARTS) is 1. The third kappa shape index (κ3) is 7.07. The van der Waals surface area contributed by atoms with Gasteiger partial charge in [-0.3, -0.25) is 4.79 Å². The van der Waals surface area contributed by atoms with Crippen LogP contribution < -0.4 is 9.47 Å². The molecule has 0 aromatic heterocycles. The predicted molar refractivity (Wildman–Crippen MR) is 126 cm³/mol. The lowest BCUT2D eigenvalue weighted by Crippen LogP contribution is -2.24. The summed E-state index contributed by atoms with van der Waals surface area (Å²) in [5.41, 5.74) is 1.94. The Labute approximate surface area is 197 Å². The Morgan fingerprint density at radius 1 is 0.879 bits per heavy atom. The first-order valence-electron chi connectivity index (χ1n) is 10.5. The maximum atomic E-state index is 12.4. The van der Waals surface area contributed by atoms with Crippen molar-refractivity contribution >= 4 is 23.4 Å². The summed E-state index contributed by atoms with van der Waals surface area (Å²) >= 11 is 6.25. The van der Waals surface area contributed by atoms with Crippen LogP contribution in [0.25, 0.3) is 0 Å². The Morgan fingerprint density at radius 2 is 1.48 bits per heavy atom. The highest BCUT2D eigenvalue weighted by atomic mass is 35.5. The fourth-order valence-electron chi connectivity index (χ4n) is 3.15. The summed E-state index contributed by atoms with van der Waals surface area (Å²) in [5, 5.41) is 9.52. The molecule has 0 aliphatic heterocycles. The average molecular weight is 469 g/mol. The maximum Gasteiger partial charge on any atom is 0.333 e. The van der Waals surface area contributed by atoms with E-state index in [-0.39, 0.29) is 12.2 Å². The number of rotatable bonds is 12. The monoisotopic (exact) mass is 468 g/mol. The van der Waals surface area contributed by atoms with Crippen LogP contribution in [-0.4, -0.2) is 43.3 Å². The fraction of sp³-hybridized carbons (Fsp3) is 0.231. The first-order chi connectivity index (χ1) is 16.0. The van der Waals surface area contributed by atoms with E-state index < -0.39 is 12.1 Å². The molecule has 0 saturated heterocycles. The lowest BCUT2D eigenvalue weighted by atomic mass is 10.0. The summed E-state index contributed by atoms with van der Waals surface area (Å²) in [6.45, 7) is 0.877. The van der Waals surface area contributed by atoms with Gasteiger partial charge in [-0.25, -0.2) is 4.79 Å². The summed E-state index contributed by atoms with van der Waals surface area (Å²) in [6, 6.07) is 21.3. The summed E-state index contributed by atoms with van der Waals surface area (Å²) in [7, 11) is 1.35. The minimum absolute atomic E-state index is 0.0269. The zero-order chi connectivity index (χ0) is 23.6. The topological polar surface area (TPSA) is 82.1 Å². The number of hydrogen-bond acceptors (Lipinski definition) is 5. The highest BCUT2D eigenvalue weighted by molar-refractivity contribution is 6.31. The van der Waals surface area contributed by atoms with Gasteiger partial charge in [0.2, 0.25) is 0 Å². The van der Waals surface area contributed by atoms with Crippen molar-refractivity contribution in [1.29, 1.82) is 0 Å². The molecule has 1 N–H and O–H groups in total. The van der Waals surface area contributed by atoms with Gasteiger partial charge >= 0.3 is 5.97 Å². The number of carbonyl (C=O) groups excluding carboxylic acids is 1. The second-order valence-electron chi connectivity index (χ2n) is 7.29. The SMILES string of the molecule is CO[C@@H](Cc1ccc(OCCCOc2ccc(C(=O)c3ccccc3)cc2)cc1Cl)C(=O)O. The van der Waals surface area contributed by atoms with Gasteiger partial charge in [0.1, 0.15) is 11.5 Å². The largest absolute Gasteiger partial charge is 0.493 e. The third-order valence-corrected chi connectivity index (χ3v) is 5.32. The molecule has 0 unspecified atom stereocenters. The van der Waals surface area contributed by atoms with Crippen molar-refractivity contribution in [2.24, 2.45) is 0 Å². The molecule has 7 heteroatoms. The number of ketones is 1. The molecule has 33 heavy (non-hydrogen) atoms. The van der Waals surface area contributed by atoms with Crippen molar-refractivity contribution in [3.8, 4) is 11.5 Å². The Hall–Kier alpha value is -3.35. The molecular weight excluding hydrogens is 444 g/mol. The van der Waals surface area contributed by atoms with E-state index in [0.29, 0.717) is 52.8 Å². The van der Waals surface area contributed by atoms with Crippen LogP contribution in [0, 0.1) is 0 Å². The molecule has 3 rings (SSSR count). The van der Waals surface area contributed by atoms with Crippen LogP contribution in [0.2, 0.25) is 5.02 Å². The van der Waals surface area contributed by atoms with E-state index in [1.54, 1.807) is 54.6 Å². The van der Waals surface area contributed by atoms with E-state index in [1.165, 1.54) is 7.11 Å². The van der Waals surface area contributed by atoms with E-state index in [1.807, 2.05) is 18.2 Å². The molecule has 0 aliphatic carbocycles. The van der Waals surface area contributed by atoms with E-state index in [4.69, 9.17) is 30.9 Å². The minimum Gasteiger partial charge on any atom is -0.493 e. The van der Waals surface area contributed by atoms with Gasteiger partial charge in [0, 0.05) is 36.1 Å². The van der Waals surface area contributed by atoms with Gasteiger partial charge in [-0.1, -0.05) is 48.0 Å². The number of hydrogen-bond donors (Lipinski definition) is 1. The standard InChI is InChI=1S/C26H25ClO6/c1-31-24(26(29)30)16-20-10-13-22(17-23(20)27)33-15-5-14-32-21-11-8-19(9-12-21)25(28)18-6-3-2-4-7-18/h2-4,6-13,17,24H,5,14-16H2,1H3,(H,29,30)/t24-/m0/s1. The number of halogens is 1. The molecular formula is C26H25ClO6. The van der Waals surface area contributed by atoms with Crippen LogP contribution in [0.4, 0.5) is 0 Å². The lowest BCUT2D eigenvalue weighted by molar-refractivity contribution is -0.148. The normalized spacial score (nSPS) is 11.6. The van der Waals surface area contributed by atoms with Crippen LogP contribution in [0.1, 0.15) is 27.9 Å². The van der Waals surface area contributed by atoms with Gasteiger partial charge < -0.3 is 19.3 Å². The average Bonchev–Trinajstić information content (AvgIpc) is 2.83.